The molecule has 0 aliphatic heterocycles. The van der Waals surface area contributed by atoms with Crippen molar-refractivity contribution in [3.05, 3.63) is 0 Å². The van der Waals surface area contributed by atoms with Crippen molar-refractivity contribution in [2.75, 3.05) is 19.6 Å². The molecule has 0 heterocycles. The first kappa shape index (κ1) is 15.7. The van der Waals surface area contributed by atoms with Crippen LogP contribution in [0, 0.1) is 5.92 Å². The maximum Gasteiger partial charge on any atom is 0.216 e. The minimum absolute atomic E-state index is 0. The van der Waals surface area contributed by atoms with Crippen LogP contribution < -0.4 is 16.4 Å². The first-order chi connectivity index (χ1) is 7.20. The lowest BCUT2D eigenvalue weighted by atomic mass is 9.85. The second-order valence-electron chi connectivity index (χ2n) is 4.40. The molecular formula is C11H24ClN3O. The highest BCUT2D eigenvalue weighted by atomic mass is 35.5. The van der Waals surface area contributed by atoms with Crippen molar-refractivity contribution in [2.45, 2.75) is 38.6 Å². The summed E-state index contributed by atoms with van der Waals surface area (Å²) in [7, 11) is 0. The Labute approximate surface area is 104 Å². The Bertz CT molecular complexity index is 202. The van der Waals surface area contributed by atoms with E-state index in [0.29, 0.717) is 18.5 Å². The highest BCUT2D eigenvalue weighted by Crippen LogP contribution is 2.21. The third-order valence-electron chi connectivity index (χ3n) is 3.05. The van der Waals surface area contributed by atoms with Crippen molar-refractivity contribution in [1.29, 1.82) is 0 Å². The third kappa shape index (κ3) is 6.30. The third-order valence-corrected chi connectivity index (χ3v) is 3.05. The number of halogens is 1. The number of carbonyl (C=O) groups is 1. The van der Waals surface area contributed by atoms with Crippen LogP contribution in [0.1, 0.15) is 32.6 Å². The molecule has 4 nitrogen and oxygen atoms in total. The lowest BCUT2D eigenvalue weighted by Crippen LogP contribution is -2.41. The highest BCUT2D eigenvalue weighted by Gasteiger charge is 2.20. The summed E-state index contributed by atoms with van der Waals surface area (Å²) in [5.74, 6) is 0.655. The van der Waals surface area contributed by atoms with Crippen LogP contribution in [0.15, 0.2) is 0 Å². The summed E-state index contributed by atoms with van der Waals surface area (Å²) < 4.78 is 0. The number of nitrogens with one attached hydrogen (secondary N) is 2. The molecule has 16 heavy (non-hydrogen) atoms. The summed E-state index contributed by atoms with van der Waals surface area (Å²) >= 11 is 0. The fourth-order valence-corrected chi connectivity index (χ4v) is 2.10. The highest BCUT2D eigenvalue weighted by molar-refractivity contribution is 5.85. The fourth-order valence-electron chi connectivity index (χ4n) is 2.10. The predicted octanol–water partition coefficient (Wildman–Crippen LogP) is 0.651. The zero-order valence-electron chi connectivity index (χ0n) is 10.00. The molecule has 0 spiro atoms. The van der Waals surface area contributed by atoms with Gasteiger partial charge in [-0.25, -0.2) is 0 Å². The second-order valence-corrected chi connectivity index (χ2v) is 4.40. The van der Waals surface area contributed by atoms with Gasteiger partial charge in [-0.3, -0.25) is 4.79 Å². The molecule has 0 aromatic carbocycles. The van der Waals surface area contributed by atoms with Crippen LogP contribution in [0.4, 0.5) is 0 Å². The van der Waals surface area contributed by atoms with Crippen molar-refractivity contribution in [1.82, 2.24) is 10.6 Å². The van der Waals surface area contributed by atoms with Crippen molar-refractivity contribution >= 4 is 18.3 Å². The number of carbonyl (C=O) groups excluding carboxylic acids is 1. The van der Waals surface area contributed by atoms with Gasteiger partial charge in [0.1, 0.15) is 0 Å². The largest absolute Gasteiger partial charge is 0.355 e. The van der Waals surface area contributed by atoms with E-state index in [1.807, 2.05) is 0 Å². The van der Waals surface area contributed by atoms with Crippen molar-refractivity contribution in [3.63, 3.8) is 0 Å². The molecule has 0 aromatic rings. The van der Waals surface area contributed by atoms with E-state index in [1.165, 1.54) is 26.2 Å². The Kier molecular flexibility index (Phi) is 8.61. The van der Waals surface area contributed by atoms with Gasteiger partial charge in [0.2, 0.25) is 5.91 Å². The van der Waals surface area contributed by atoms with Crippen molar-refractivity contribution in [2.24, 2.45) is 11.7 Å². The number of rotatable bonds is 5. The van der Waals surface area contributed by atoms with E-state index in [9.17, 15) is 4.79 Å². The molecule has 1 aliphatic rings. The summed E-state index contributed by atoms with van der Waals surface area (Å²) in [6, 6.07) is 0.368. The number of hydrogen-bond donors (Lipinski definition) is 3. The Balaban J connectivity index is 0.00000225. The van der Waals surface area contributed by atoms with Gasteiger partial charge < -0.3 is 16.4 Å². The molecule has 4 N–H and O–H groups in total. The Morgan fingerprint density at radius 3 is 2.62 bits per heavy atom. The Morgan fingerprint density at radius 2 is 2.00 bits per heavy atom. The summed E-state index contributed by atoms with van der Waals surface area (Å²) in [6.45, 7) is 4.07. The van der Waals surface area contributed by atoms with Gasteiger partial charge in [0.05, 0.1) is 0 Å². The van der Waals surface area contributed by atoms with Gasteiger partial charge >= 0.3 is 0 Å². The van der Waals surface area contributed by atoms with Gasteiger partial charge in [0.25, 0.3) is 0 Å². The van der Waals surface area contributed by atoms with Crippen molar-refractivity contribution in [3.8, 4) is 0 Å². The summed E-state index contributed by atoms with van der Waals surface area (Å²) in [5, 5.41) is 6.11. The SMILES string of the molecule is CC(=O)NCCNC[C@@H]1CCCC[C@@H]1N.Cl. The van der Waals surface area contributed by atoms with Crippen LogP contribution in [0.5, 0.6) is 0 Å². The van der Waals surface area contributed by atoms with E-state index in [1.54, 1.807) is 0 Å². The molecule has 1 aliphatic carbocycles. The minimum Gasteiger partial charge on any atom is -0.355 e. The molecule has 1 amide bonds. The molecule has 0 saturated heterocycles. The van der Waals surface area contributed by atoms with E-state index >= 15 is 0 Å². The molecule has 0 bridgehead atoms. The molecule has 0 aromatic heterocycles. The van der Waals surface area contributed by atoms with Crippen LogP contribution in [-0.2, 0) is 4.79 Å². The van der Waals surface area contributed by atoms with Gasteiger partial charge in [-0.1, -0.05) is 12.8 Å². The summed E-state index contributed by atoms with van der Waals surface area (Å²) in [6.07, 6.45) is 5.00. The first-order valence-electron chi connectivity index (χ1n) is 5.91. The van der Waals surface area contributed by atoms with Gasteiger partial charge in [0, 0.05) is 26.1 Å². The molecule has 5 heteroatoms. The van der Waals surface area contributed by atoms with Gasteiger partial charge in [-0.05, 0) is 25.3 Å². The number of amides is 1. The van der Waals surface area contributed by atoms with Crippen LogP contribution in [0.25, 0.3) is 0 Å². The molecule has 1 fully saturated rings. The fraction of sp³-hybridized carbons (Fsp3) is 0.909. The topological polar surface area (TPSA) is 67.2 Å². The average molecular weight is 250 g/mol. The molecule has 1 saturated carbocycles. The molecule has 2 atom stereocenters. The molecule has 1 rings (SSSR count). The van der Waals surface area contributed by atoms with Crippen LogP contribution >= 0.6 is 12.4 Å². The Morgan fingerprint density at radius 1 is 1.31 bits per heavy atom. The molecule has 0 radical (unpaired) electrons. The zero-order chi connectivity index (χ0) is 11.1. The molecule has 0 unspecified atom stereocenters. The summed E-state index contributed by atoms with van der Waals surface area (Å²) in [5.41, 5.74) is 6.03. The van der Waals surface area contributed by atoms with E-state index < -0.39 is 0 Å². The normalized spacial score (nSPS) is 24.6. The number of nitrogens with two attached hydrogens (primary N) is 1. The van der Waals surface area contributed by atoms with Gasteiger partial charge in [-0.2, -0.15) is 0 Å². The quantitative estimate of drug-likeness (QED) is 0.627. The first-order valence-corrected chi connectivity index (χ1v) is 5.91. The lowest BCUT2D eigenvalue weighted by molar-refractivity contribution is -0.118. The predicted molar refractivity (Wildman–Crippen MR) is 68.7 cm³/mol. The average Bonchev–Trinajstić information content (AvgIpc) is 2.20. The van der Waals surface area contributed by atoms with Crippen LogP contribution in [0.3, 0.4) is 0 Å². The van der Waals surface area contributed by atoms with Crippen LogP contribution in [0.2, 0.25) is 0 Å². The molecule has 96 valence electrons. The van der Waals surface area contributed by atoms with Crippen molar-refractivity contribution < 1.29 is 4.79 Å². The maximum atomic E-state index is 10.6. The zero-order valence-corrected chi connectivity index (χ0v) is 10.8. The van der Waals surface area contributed by atoms with E-state index in [-0.39, 0.29) is 18.3 Å². The van der Waals surface area contributed by atoms with Crippen LogP contribution in [-0.4, -0.2) is 31.6 Å². The maximum absolute atomic E-state index is 10.6. The minimum atomic E-state index is 0. The Hall–Kier alpha value is -0.320. The van der Waals surface area contributed by atoms with E-state index in [2.05, 4.69) is 10.6 Å². The second kappa shape index (κ2) is 8.79. The van der Waals surface area contributed by atoms with Gasteiger partial charge in [-0.15, -0.1) is 12.4 Å². The summed E-state index contributed by atoms with van der Waals surface area (Å²) in [4.78, 5) is 10.6. The lowest BCUT2D eigenvalue weighted by Gasteiger charge is -2.28. The van der Waals surface area contributed by atoms with E-state index in [0.717, 1.165) is 19.5 Å². The van der Waals surface area contributed by atoms with E-state index in [4.69, 9.17) is 5.73 Å². The standard InChI is InChI=1S/C11H23N3O.ClH/c1-9(15)14-7-6-13-8-10-4-2-3-5-11(10)12;/h10-11,13H,2-8,12H2,1H3,(H,14,15);1H/t10-,11-;/m0./s1. The smallest absolute Gasteiger partial charge is 0.216 e. The van der Waals surface area contributed by atoms with Gasteiger partial charge in [0.15, 0.2) is 0 Å². The number of hydrogen-bond acceptors (Lipinski definition) is 3. The molecular weight excluding hydrogens is 226 g/mol. The monoisotopic (exact) mass is 249 g/mol.